The molecule has 0 aromatic carbocycles. The van der Waals surface area contributed by atoms with Gasteiger partial charge in [0, 0.05) is 12.2 Å². The van der Waals surface area contributed by atoms with Crippen LogP contribution in [0.5, 0.6) is 0 Å². The van der Waals surface area contributed by atoms with Gasteiger partial charge in [0.1, 0.15) is 6.33 Å². The number of hydrogen-bond donors (Lipinski definition) is 1. The van der Waals surface area contributed by atoms with Gasteiger partial charge in [-0.15, -0.1) is 0 Å². The summed E-state index contributed by atoms with van der Waals surface area (Å²) in [7, 11) is 0. The minimum Gasteiger partial charge on any atom is -0.327 e. The third-order valence-corrected chi connectivity index (χ3v) is 4.29. The molecular formula is C11H13N3S2. The van der Waals surface area contributed by atoms with Gasteiger partial charge in [-0.05, 0) is 35.4 Å². The summed E-state index contributed by atoms with van der Waals surface area (Å²) < 4.78 is 0. The molecule has 2 aromatic heterocycles. The van der Waals surface area contributed by atoms with Gasteiger partial charge in [0.05, 0.1) is 10.3 Å². The van der Waals surface area contributed by atoms with Crippen molar-refractivity contribution in [3.8, 4) is 0 Å². The Morgan fingerprint density at radius 3 is 2.88 bits per heavy atom. The fourth-order valence-corrected chi connectivity index (χ4v) is 3.18. The molecule has 2 heterocycles. The highest BCUT2D eigenvalue weighted by Gasteiger charge is 2.18. The van der Waals surface area contributed by atoms with E-state index in [9.17, 15) is 0 Å². The first-order valence-corrected chi connectivity index (χ1v) is 6.80. The van der Waals surface area contributed by atoms with Crippen molar-refractivity contribution in [2.75, 3.05) is 0 Å². The molecule has 0 radical (unpaired) electrons. The van der Waals surface area contributed by atoms with E-state index in [1.54, 1.807) is 35.6 Å². The normalized spacial score (nSPS) is 14.6. The Hall–Kier alpha value is -0.910. The van der Waals surface area contributed by atoms with Gasteiger partial charge in [-0.2, -0.15) is 11.3 Å². The molecular weight excluding hydrogens is 238 g/mol. The van der Waals surface area contributed by atoms with Gasteiger partial charge in [0.25, 0.3) is 0 Å². The number of hydrogen-bond acceptors (Lipinski definition) is 5. The molecule has 2 aromatic rings. The van der Waals surface area contributed by atoms with Crippen LogP contribution in [0.25, 0.3) is 0 Å². The third-order valence-electron chi connectivity index (χ3n) is 2.15. The van der Waals surface area contributed by atoms with Crippen LogP contribution in [-0.4, -0.2) is 16.0 Å². The molecule has 84 valence electrons. The van der Waals surface area contributed by atoms with Crippen molar-refractivity contribution >= 4 is 23.1 Å². The van der Waals surface area contributed by atoms with E-state index in [1.165, 1.54) is 5.56 Å². The number of nitrogens with zero attached hydrogens (tertiary/aromatic N) is 2. The lowest BCUT2D eigenvalue weighted by atomic mass is 10.1. The molecule has 0 aliphatic carbocycles. The zero-order chi connectivity index (χ0) is 11.4. The van der Waals surface area contributed by atoms with Gasteiger partial charge in [0.15, 0.2) is 0 Å². The van der Waals surface area contributed by atoms with Gasteiger partial charge >= 0.3 is 0 Å². The molecule has 2 N–H and O–H groups in total. The molecule has 16 heavy (non-hydrogen) atoms. The fourth-order valence-electron chi connectivity index (χ4n) is 1.39. The van der Waals surface area contributed by atoms with Crippen LogP contribution in [0.15, 0.2) is 40.4 Å². The summed E-state index contributed by atoms with van der Waals surface area (Å²) in [5.41, 5.74) is 7.28. The van der Waals surface area contributed by atoms with Crippen molar-refractivity contribution in [2.45, 2.75) is 23.2 Å². The molecule has 0 aliphatic rings. The van der Waals surface area contributed by atoms with Crippen molar-refractivity contribution in [1.82, 2.24) is 9.97 Å². The van der Waals surface area contributed by atoms with E-state index in [4.69, 9.17) is 5.73 Å². The SMILES string of the molecule is CC(N)C(Sc1ccncn1)c1ccsc1. The number of aromatic nitrogens is 2. The summed E-state index contributed by atoms with van der Waals surface area (Å²) in [6.45, 7) is 2.02. The van der Waals surface area contributed by atoms with Gasteiger partial charge in [-0.25, -0.2) is 9.97 Å². The fraction of sp³-hybridized carbons (Fsp3) is 0.273. The molecule has 2 atom stereocenters. The number of thiophene rings is 1. The van der Waals surface area contributed by atoms with E-state index in [2.05, 4.69) is 26.8 Å². The van der Waals surface area contributed by atoms with E-state index in [-0.39, 0.29) is 11.3 Å². The second kappa shape index (κ2) is 5.43. The lowest BCUT2D eigenvalue weighted by Crippen LogP contribution is -2.22. The Labute approximate surface area is 103 Å². The minimum atomic E-state index is 0.0922. The first kappa shape index (κ1) is 11.6. The van der Waals surface area contributed by atoms with Crippen LogP contribution in [0, 0.1) is 0 Å². The number of nitrogens with two attached hydrogens (primary N) is 1. The van der Waals surface area contributed by atoms with Crippen LogP contribution in [0.3, 0.4) is 0 Å². The summed E-state index contributed by atoms with van der Waals surface area (Å²) >= 11 is 3.38. The monoisotopic (exact) mass is 251 g/mol. The minimum absolute atomic E-state index is 0.0922. The maximum absolute atomic E-state index is 6.02. The van der Waals surface area contributed by atoms with Gasteiger partial charge in [-0.1, -0.05) is 11.8 Å². The van der Waals surface area contributed by atoms with Crippen LogP contribution < -0.4 is 5.73 Å². The largest absolute Gasteiger partial charge is 0.327 e. The Balaban J connectivity index is 2.16. The van der Waals surface area contributed by atoms with E-state index < -0.39 is 0 Å². The van der Waals surface area contributed by atoms with E-state index >= 15 is 0 Å². The number of rotatable bonds is 4. The molecule has 0 bridgehead atoms. The Morgan fingerprint density at radius 2 is 2.31 bits per heavy atom. The second-order valence-electron chi connectivity index (χ2n) is 3.50. The zero-order valence-electron chi connectivity index (χ0n) is 8.91. The topological polar surface area (TPSA) is 51.8 Å². The van der Waals surface area contributed by atoms with Gasteiger partial charge in [-0.3, -0.25) is 0 Å². The predicted molar refractivity (Wildman–Crippen MR) is 68.6 cm³/mol. The van der Waals surface area contributed by atoms with E-state index in [1.807, 2.05) is 13.0 Å². The standard InChI is InChI=1S/C11H13N3S2/c1-8(12)11(9-3-5-15-6-9)16-10-2-4-13-7-14-10/h2-8,11H,12H2,1H3. The van der Waals surface area contributed by atoms with E-state index in [0.29, 0.717) is 0 Å². The van der Waals surface area contributed by atoms with Crippen LogP contribution in [0.2, 0.25) is 0 Å². The first-order chi connectivity index (χ1) is 7.77. The highest BCUT2D eigenvalue weighted by atomic mass is 32.2. The van der Waals surface area contributed by atoms with Crippen LogP contribution in [0.4, 0.5) is 0 Å². The van der Waals surface area contributed by atoms with Crippen LogP contribution >= 0.6 is 23.1 Å². The summed E-state index contributed by atoms with van der Waals surface area (Å²) in [5, 5.41) is 5.43. The molecule has 3 nitrogen and oxygen atoms in total. The summed E-state index contributed by atoms with van der Waals surface area (Å²) in [4.78, 5) is 8.12. The van der Waals surface area contributed by atoms with Crippen molar-refractivity contribution in [3.05, 3.63) is 41.0 Å². The van der Waals surface area contributed by atoms with Gasteiger partial charge in [0.2, 0.25) is 0 Å². The predicted octanol–water partition coefficient (Wildman–Crippen LogP) is 2.72. The van der Waals surface area contributed by atoms with Crippen molar-refractivity contribution in [2.24, 2.45) is 5.73 Å². The van der Waals surface area contributed by atoms with Gasteiger partial charge < -0.3 is 5.73 Å². The summed E-state index contributed by atoms with van der Waals surface area (Å²) in [6.07, 6.45) is 3.31. The van der Waals surface area contributed by atoms with Crippen LogP contribution in [0.1, 0.15) is 17.7 Å². The molecule has 0 saturated carbocycles. The highest BCUT2D eigenvalue weighted by Crippen LogP contribution is 2.36. The summed E-state index contributed by atoms with van der Waals surface area (Å²) in [5.74, 6) is 0. The smallest absolute Gasteiger partial charge is 0.116 e. The molecule has 2 rings (SSSR count). The molecule has 0 amide bonds. The van der Waals surface area contributed by atoms with Crippen molar-refractivity contribution < 1.29 is 0 Å². The quantitative estimate of drug-likeness (QED) is 0.670. The number of thioether (sulfide) groups is 1. The maximum atomic E-state index is 6.02. The molecule has 2 unspecified atom stereocenters. The molecule has 5 heteroatoms. The highest BCUT2D eigenvalue weighted by molar-refractivity contribution is 7.99. The van der Waals surface area contributed by atoms with Crippen LogP contribution in [-0.2, 0) is 0 Å². The Bertz CT molecular complexity index is 414. The zero-order valence-corrected chi connectivity index (χ0v) is 10.5. The third kappa shape index (κ3) is 2.81. The Kier molecular flexibility index (Phi) is 3.93. The second-order valence-corrected chi connectivity index (χ2v) is 5.44. The van der Waals surface area contributed by atoms with E-state index in [0.717, 1.165) is 5.03 Å². The molecule has 0 fully saturated rings. The van der Waals surface area contributed by atoms with Crippen molar-refractivity contribution in [3.63, 3.8) is 0 Å². The lowest BCUT2D eigenvalue weighted by Gasteiger charge is -2.18. The average Bonchev–Trinajstić information content (AvgIpc) is 2.80. The Morgan fingerprint density at radius 1 is 1.44 bits per heavy atom. The van der Waals surface area contributed by atoms with Crippen molar-refractivity contribution in [1.29, 1.82) is 0 Å². The summed E-state index contributed by atoms with van der Waals surface area (Å²) in [6, 6.07) is 4.12. The lowest BCUT2D eigenvalue weighted by molar-refractivity contribution is 0.721. The first-order valence-electron chi connectivity index (χ1n) is 4.97. The molecule has 0 aliphatic heterocycles. The molecule has 0 saturated heterocycles. The average molecular weight is 251 g/mol. The molecule has 0 spiro atoms. The maximum Gasteiger partial charge on any atom is 0.116 e.